The van der Waals surface area contributed by atoms with Gasteiger partial charge in [-0.2, -0.15) is 0 Å². The number of amides is 2. The van der Waals surface area contributed by atoms with Gasteiger partial charge in [-0.05, 0) is 19.1 Å². The number of nitrogens with zero attached hydrogens (tertiary/aromatic N) is 4. The molecule has 1 aromatic heterocycles. The molecule has 4 heterocycles. The van der Waals surface area contributed by atoms with Crippen LogP contribution in [0.25, 0.3) is 0 Å². The Balaban J connectivity index is 1.30. The van der Waals surface area contributed by atoms with Gasteiger partial charge in [0.15, 0.2) is 28.1 Å². The Hall–Kier alpha value is -4.10. The van der Waals surface area contributed by atoms with E-state index in [1.165, 1.54) is 29.7 Å². The molecule has 3 atom stereocenters. The Morgan fingerprint density at radius 1 is 1.20 bits per heavy atom. The summed E-state index contributed by atoms with van der Waals surface area (Å²) in [5, 5.41) is 44.5. The number of phenolic OH excluding ortho intramolecular Hbond substituents is 2. The molecule has 0 bridgehead atoms. The predicted octanol–water partition coefficient (Wildman–Crippen LogP) is 2.51. The number of nitrogens with one attached hydrogen (secondary N) is 1. The number of rotatable bonds is 14. The van der Waals surface area contributed by atoms with Gasteiger partial charge in [-0.3, -0.25) is 19.3 Å². The lowest BCUT2D eigenvalue weighted by atomic mass is 9.89. The van der Waals surface area contributed by atoms with Crippen molar-refractivity contribution in [2.75, 3.05) is 44.2 Å². The molecule has 50 heavy (non-hydrogen) atoms. The average molecular weight is 773 g/mol. The summed E-state index contributed by atoms with van der Waals surface area (Å²) in [5.74, 6) is -6.12. The second-order valence-corrected chi connectivity index (χ2v) is 15.1. The molecule has 2 saturated heterocycles. The van der Waals surface area contributed by atoms with Crippen LogP contribution in [-0.4, -0.2) is 120 Å². The summed E-state index contributed by atoms with van der Waals surface area (Å²) >= 11 is 14.4. The maximum atomic E-state index is 13.5. The second kappa shape index (κ2) is 15.0. The highest BCUT2D eigenvalue weighted by molar-refractivity contribution is 8.00. The number of phenols is 2. The quantitative estimate of drug-likeness (QED) is 0.0533. The van der Waals surface area contributed by atoms with E-state index in [1.54, 1.807) is 0 Å². The Morgan fingerprint density at radius 2 is 1.90 bits per heavy atom. The number of thiazole rings is 1. The monoisotopic (exact) mass is 771 g/mol. The van der Waals surface area contributed by atoms with Crippen molar-refractivity contribution in [3.05, 3.63) is 44.0 Å². The van der Waals surface area contributed by atoms with E-state index in [1.807, 2.05) is 0 Å². The largest absolute Gasteiger partial charge is 0.504 e. The van der Waals surface area contributed by atoms with Gasteiger partial charge in [0.2, 0.25) is 12.0 Å². The standard InChI is InChI=1S/C30H32Cl2N6O10S2/c1-13(28(44)45)48-36-20(21-24(32)50-30(33)35-21)18(40)10-16-26(43)37-22(29(46)47)14(12-49-27(16)37)11-38(7-2-3-8-38)9-6-34-25(42)15-4-5-17(39)23(41)19(15)31/h4-5,13,16,27H,2-3,6-12H2,1H3,(H6-,33,34,35,36,39,40,41,42,44,45,46,47)/p+1/t13-,16?,27?/m0/s1. The molecule has 1 aromatic carbocycles. The maximum Gasteiger partial charge on any atom is 0.352 e. The third-order valence-electron chi connectivity index (χ3n) is 8.76. The summed E-state index contributed by atoms with van der Waals surface area (Å²) in [4.78, 5) is 73.9. The average Bonchev–Trinajstić information content (AvgIpc) is 3.66. The molecule has 3 aliphatic heterocycles. The van der Waals surface area contributed by atoms with Crippen molar-refractivity contribution in [1.29, 1.82) is 0 Å². The number of carboxylic acids is 2. The number of aromatic hydroxyl groups is 2. The SMILES string of the molecule is C[C@H](O/N=C(\C(=O)CC1C(=O)N2C(C(=O)O)=C(C[N+]3(CCNC(=O)c4ccc(O)c(O)c4Cl)CCCC3)CSC12)c1nc(N)sc1Cl)C(=O)O. The molecule has 2 fully saturated rings. The summed E-state index contributed by atoms with van der Waals surface area (Å²) in [6.07, 6.45) is -0.0294. The number of carboxylic acid groups (broad SMARTS) is 2. The van der Waals surface area contributed by atoms with Gasteiger partial charge in [0.1, 0.15) is 22.3 Å². The number of carbonyl (C=O) groups excluding carboxylic acids is 3. The number of carbonyl (C=O) groups is 5. The summed E-state index contributed by atoms with van der Waals surface area (Å²) < 4.78 is 0.486. The fourth-order valence-corrected chi connectivity index (χ4v) is 8.78. The number of halogens is 2. The molecule has 5 rings (SSSR count). The Labute approximate surface area is 303 Å². The fraction of sp³-hybridized carbons (Fsp3) is 0.433. The maximum absolute atomic E-state index is 13.5. The first-order valence-electron chi connectivity index (χ1n) is 15.3. The number of Topliss-reactive ketones (excluding diaryl/α,β-unsaturated/α-hetero) is 1. The summed E-state index contributed by atoms with van der Waals surface area (Å²) in [6.45, 7) is 3.64. The number of thioether (sulfide) groups is 1. The van der Waals surface area contributed by atoms with Gasteiger partial charge in [0, 0.05) is 30.6 Å². The van der Waals surface area contributed by atoms with Crippen LogP contribution in [0.4, 0.5) is 5.13 Å². The molecular formula is C30H33Cl2N6O10S2+. The smallest absolute Gasteiger partial charge is 0.352 e. The molecule has 0 radical (unpaired) electrons. The number of hydrogen-bond acceptors (Lipinski definition) is 13. The molecule has 3 aliphatic rings. The number of nitrogens with two attached hydrogens (primary N) is 1. The summed E-state index contributed by atoms with van der Waals surface area (Å²) in [5.41, 5.74) is 5.61. The molecule has 2 amide bonds. The van der Waals surface area contributed by atoms with Crippen LogP contribution in [0.2, 0.25) is 9.36 Å². The highest BCUT2D eigenvalue weighted by Crippen LogP contribution is 2.46. The molecule has 0 saturated carbocycles. The minimum atomic E-state index is -1.41. The number of fused-ring (bicyclic) bond motifs is 1. The van der Waals surface area contributed by atoms with Crippen LogP contribution in [0.3, 0.4) is 0 Å². The van der Waals surface area contributed by atoms with Crippen molar-refractivity contribution < 1.29 is 53.7 Å². The van der Waals surface area contributed by atoms with Gasteiger partial charge < -0.3 is 40.8 Å². The van der Waals surface area contributed by atoms with E-state index in [2.05, 4.69) is 15.5 Å². The Morgan fingerprint density at radius 3 is 2.52 bits per heavy atom. The first-order valence-corrected chi connectivity index (χ1v) is 17.9. The Bertz CT molecular complexity index is 1810. The number of oxime groups is 1. The zero-order valence-corrected chi connectivity index (χ0v) is 29.6. The van der Waals surface area contributed by atoms with Gasteiger partial charge in [-0.1, -0.05) is 39.7 Å². The van der Waals surface area contributed by atoms with Crippen molar-refractivity contribution in [3.8, 4) is 11.5 Å². The molecule has 2 aromatic rings. The lowest BCUT2D eigenvalue weighted by Gasteiger charge is -2.50. The minimum Gasteiger partial charge on any atom is -0.504 e. The zero-order valence-electron chi connectivity index (χ0n) is 26.4. The second-order valence-electron chi connectivity index (χ2n) is 12.0. The fourth-order valence-electron chi connectivity index (χ4n) is 6.21. The molecular weight excluding hydrogens is 739 g/mol. The first kappa shape index (κ1) is 37.2. The molecule has 2 unspecified atom stereocenters. The van der Waals surface area contributed by atoms with Crippen LogP contribution in [0, 0.1) is 5.92 Å². The Kier molecular flexibility index (Phi) is 11.2. The molecule has 16 nitrogen and oxygen atoms in total. The van der Waals surface area contributed by atoms with Crippen molar-refractivity contribution in [3.63, 3.8) is 0 Å². The van der Waals surface area contributed by atoms with E-state index < -0.39 is 70.6 Å². The summed E-state index contributed by atoms with van der Waals surface area (Å²) in [7, 11) is 0. The number of aromatic nitrogens is 1. The molecule has 0 aliphatic carbocycles. The van der Waals surface area contributed by atoms with E-state index >= 15 is 0 Å². The number of quaternary nitrogens is 1. The lowest BCUT2D eigenvalue weighted by molar-refractivity contribution is -0.911. The molecule has 0 spiro atoms. The van der Waals surface area contributed by atoms with Crippen molar-refractivity contribution in [2.24, 2.45) is 11.1 Å². The van der Waals surface area contributed by atoms with Gasteiger partial charge >= 0.3 is 11.9 Å². The van der Waals surface area contributed by atoms with Crippen LogP contribution in [-0.2, 0) is 24.0 Å². The van der Waals surface area contributed by atoms with E-state index in [-0.39, 0.29) is 43.7 Å². The van der Waals surface area contributed by atoms with Crippen molar-refractivity contribution in [2.45, 2.75) is 37.7 Å². The predicted molar refractivity (Wildman–Crippen MR) is 183 cm³/mol. The van der Waals surface area contributed by atoms with Gasteiger partial charge in [0.25, 0.3) is 5.91 Å². The third kappa shape index (κ3) is 7.48. The van der Waals surface area contributed by atoms with Crippen LogP contribution in [0.15, 0.2) is 28.6 Å². The van der Waals surface area contributed by atoms with Gasteiger partial charge in [-0.25, -0.2) is 14.6 Å². The highest BCUT2D eigenvalue weighted by Gasteiger charge is 2.55. The van der Waals surface area contributed by atoms with E-state index in [0.29, 0.717) is 23.1 Å². The minimum absolute atomic E-state index is 0.00980. The highest BCUT2D eigenvalue weighted by atomic mass is 35.5. The summed E-state index contributed by atoms with van der Waals surface area (Å²) in [6, 6.07) is 2.45. The normalized spacial score (nSPS) is 20.6. The number of likely N-dealkylation sites (tertiary alicyclic amines) is 1. The zero-order chi connectivity index (χ0) is 36.5. The van der Waals surface area contributed by atoms with Gasteiger partial charge in [-0.15, -0.1) is 11.8 Å². The van der Waals surface area contributed by atoms with Gasteiger partial charge in [0.05, 0.1) is 48.1 Å². The molecule has 268 valence electrons. The number of ketones is 1. The first-order chi connectivity index (χ1) is 23.6. The number of β-lactam (4-membered cyclic amide) rings is 1. The third-order valence-corrected chi connectivity index (χ3v) is 11.6. The van der Waals surface area contributed by atoms with Crippen LogP contribution >= 0.6 is 46.3 Å². The van der Waals surface area contributed by atoms with Crippen LogP contribution < -0.4 is 11.1 Å². The number of hydrogen-bond donors (Lipinski definition) is 6. The number of benzene rings is 1. The topological polar surface area (TPSA) is 242 Å². The number of nitrogen functional groups attached to an aromatic ring is 1. The number of anilines is 1. The molecule has 7 N–H and O–H groups in total. The van der Waals surface area contributed by atoms with E-state index in [9.17, 15) is 39.3 Å². The number of aliphatic carboxylic acids is 2. The van der Waals surface area contributed by atoms with Crippen LogP contribution in [0.5, 0.6) is 11.5 Å². The van der Waals surface area contributed by atoms with Crippen LogP contribution in [0.1, 0.15) is 42.2 Å². The van der Waals surface area contributed by atoms with E-state index in [4.69, 9.17) is 38.9 Å². The van der Waals surface area contributed by atoms with E-state index in [0.717, 1.165) is 43.3 Å². The lowest BCUT2D eigenvalue weighted by Crippen LogP contribution is -2.63. The van der Waals surface area contributed by atoms with Crippen molar-refractivity contribution in [1.82, 2.24) is 15.2 Å². The van der Waals surface area contributed by atoms with Crippen molar-refractivity contribution >= 4 is 86.7 Å². The molecule has 20 heteroatoms.